The zero-order chi connectivity index (χ0) is 19.7. The Morgan fingerprint density at radius 3 is 1.69 bits per heavy atom. The van der Waals surface area contributed by atoms with Crippen LogP contribution in [0.2, 0.25) is 0 Å². The van der Waals surface area contributed by atoms with Gasteiger partial charge in [-0.25, -0.2) is 9.59 Å². The van der Waals surface area contributed by atoms with Crippen LogP contribution in [0.15, 0.2) is 0 Å². The maximum absolute atomic E-state index is 11.6. The number of nitrogens with one attached hydrogen (secondary N) is 2. The number of nitrogens with two attached hydrogens (primary N) is 2. The largest absolute Gasteiger partial charge is 0.449 e. The second-order valence-electron chi connectivity index (χ2n) is 6.59. The van der Waals surface area contributed by atoms with Crippen LogP contribution in [0.1, 0.15) is 65.2 Å². The van der Waals surface area contributed by atoms with Crippen molar-refractivity contribution < 1.29 is 19.1 Å². The summed E-state index contributed by atoms with van der Waals surface area (Å²) in [4.78, 5) is 23.1. The Kier molecular flexibility index (Phi) is 14.8. The SMILES string of the molecule is CCCCNC(=O)OCCC(N)(CCCN)CCOC(=O)NCCCC. The zero-order valence-corrected chi connectivity index (χ0v) is 16.5. The highest BCUT2D eigenvalue weighted by atomic mass is 16.6. The van der Waals surface area contributed by atoms with Crippen molar-refractivity contribution in [1.82, 2.24) is 10.6 Å². The van der Waals surface area contributed by atoms with Gasteiger partial charge in [0, 0.05) is 18.6 Å². The lowest BCUT2D eigenvalue weighted by Crippen LogP contribution is -2.43. The Balaban J connectivity index is 4.16. The second-order valence-corrected chi connectivity index (χ2v) is 6.59. The molecule has 8 heteroatoms. The molecule has 0 radical (unpaired) electrons. The molecule has 0 unspecified atom stereocenters. The molecule has 0 atom stereocenters. The molecule has 0 heterocycles. The number of hydrogen-bond acceptors (Lipinski definition) is 6. The first-order valence-corrected chi connectivity index (χ1v) is 9.77. The standard InChI is InChI=1S/C18H38N4O4/c1-3-5-12-21-16(23)25-14-9-18(20,8-7-11-19)10-15-26-17(24)22-13-6-4-2/h3-15,19-20H2,1-2H3,(H,21,23)(H,22,24). The van der Waals surface area contributed by atoms with Gasteiger partial charge in [0.25, 0.3) is 0 Å². The number of rotatable bonds is 15. The van der Waals surface area contributed by atoms with E-state index in [1.54, 1.807) is 0 Å². The van der Waals surface area contributed by atoms with Gasteiger partial charge >= 0.3 is 12.2 Å². The van der Waals surface area contributed by atoms with E-state index >= 15 is 0 Å². The Labute approximate surface area is 157 Å². The molecule has 154 valence electrons. The van der Waals surface area contributed by atoms with Crippen molar-refractivity contribution in [1.29, 1.82) is 0 Å². The van der Waals surface area contributed by atoms with Gasteiger partial charge in [-0.3, -0.25) is 0 Å². The van der Waals surface area contributed by atoms with Crippen molar-refractivity contribution in [3.8, 4) is 0 Å². The lowest BCUT2D eigenvalue weighted by atomic mass is 9.88. The van der Waals surface area contributed by atoms with E-state index in [2.05, 4.69) is 24.5 Å². The Bertz CT molecular complexity index is 352. The minimum atomic E-state index is -0.577. The van der Waals surface area contributed by atoms with E-state index in [0.717, 1.165) is 32.1 Å². The number of amides is 2. The fourth-order valence-electron chi connectivity index (χ4n) is 2.36. The maximum atomic E-state index is 11.6. The summed E-state index contributed by atoms with van der Waals surface area (Å²) in [6.45, 7) is 6.31. The third-order valence-electron chi connectivity index (χ3n) is 4.14. The third-order valence-corrected chi connectivity index (χ3v) is 4.14. The van der Waals surface area contributed by atoms with Crippen molar-refractivity contribution in [2.24, 2.45) is 11.5 Å². The lowest BCUT2D eigenvalue weighted by molar-refractivity contribution is 0.115. The summed E-state index contributed by atoms with van der Waals surface area (Å²) >= 11 is 0. The molecule has 0 aromatic heterocycles. The number of carbonyl (C=O) groups is 2. The van der Waals surface area contributed by atoms with E-state index in [4.69, 9.17) is 20.9 Å². The average molecular weight is 375 g/mol. The first kappa shape index (κ1) is 24.5. The molecule has 0 aliphatic rings. The van der Waals surface area contributed by atoms with Gasteiger partial charge in [0.1, 0.15) is 0 Å². The molecular weight excluding hydrogens is 336 g/mol. The average Bonchev–Trinajstić information content (AvgIpc) is 2.60. The molecule has 8 nitrogen and oxygen atoms in total. The number of carbonyl (C=O) groups excluding carboxylic acids is 2. The van der Waals surface area contributed by atoms with Crippen LogP contribution in [0.25, 0.3) is 0 Å². The molecule has 0 saturated carbocycles. The van der Waals surface area contributed by atoms with Crippen molar-refractivity contribution in [3.63, 3.8) is 0 Å². The van der Waals surface area contributed by atoms with E-state index in [1.807, 2.05) is 0 Å². The maximum Gasteiger partial charge on any atom is 0.407 e. The van der Waals surface area contributed by atoms with Gasteiger partial charge in [-0.1, -0.05) is 26.7 Å². The summed E-state index contributed by atoms with van der Waals surface area (Å²) in [7, 11) is 0. The summed E-state index contributed by atoms with van der Waals surface area (Å²) < 4.78 is 10.4. The topological polar surface area (TPSA) is 129 Å². The molecule has 0 aliphatic carbocycles. The number of unbranched alkanes of at least 4 members (excludes halogenated alkanes) is 2. The van der Waals surface area contributed by atoms with Gasteiger partial charge in [0.15, 0.2) is 0 Å². The van der Waals surface area contributed by atoms with Crippen LogP contribution in [-0.2, 0) is 9.47 Å². The molecule has 0 rings (SSSR count). The Morgan fingerprint density at radius 1 is 0.846 bits per heavy atom. The summed E-state index contributed by atoms with van der Waals surface area (Å²) in [5, 5.41) is 5.39. The Morgan fingerprint density at radius 2 is 1.31 bits per heavy atom. The van der Waals surface area contributed by atoms with Crippen LogP contribution < -0.4 is 22.1 Å². The lowest BCUT2D eigenvalue weighted by Gasteiger charge is -2.29. The quantitative estimate of drug-likeness (QED) is 0.325. The van der Waals surface area contributed by atoms with Gasteiger partial charge in [-0.15, -0.1) is 0 Å². The van der Waals surface area contributed by atoms with Crippen LogP contribution in [-0.4, -0.2) is 50.6 Å². The summed E-state index contributed by atoms with van der Waals surface area (Å²) in [5.74, 6) is 0. The van der Waals surface area contributed by atoms with E-state index in [-0.39, 0.29) is 13.2 Å². The minimum Gasteiger partial charge on any atom is -0.449 e. The monoisotopic (exact) mass is 374 g/mol. The predicted molar refractivity (Wildman–Crippen MR) is 103 cm³/mol. The molecule has 0 spiro atoms. The van der Waals surface area contributed by atoms with E-state index in [9.17, 15) is 9.59 Å². The van der Waals surface area contributed by atoms with E-state index in [1.165, 1.54) is 0 Å². The van der Waals surface area contributed by atoms with Crippen LogP contribution in [0.4, 0.5) is 9.59 Å². The van der Waals surface area contributed by atoms with Crippen LogP contribution in [0.3, 0.4) is 0 Å². The van der Waals surface area contributed by atoms with Gasteiger partial charge in [0.2, 0.25) is 0 Å². The van der Waals surface area contributed by atoms with Gasteiger partial charge in [0.05, 0.1) is 13.2 Å². The van der Waals surface area contributed by atoms with Crippen LogP contribution in [0, 0.1) is 0 Å². The molecular formula is C18H38N4O4. The Hall–Kier alpha value is -1.54. The normalized spacial score (nSPS) is 11.1. The fourth-order valence-corrected chi connectivity index (χ4v) is 2.36. The second kappa shape index (κ2) is 15.7. The number of alkyl carbamates (subject to hydrolysis) is 2. The van der Waals surface area contributed by atoms with Crippen molar-refractivity contribution in [3.05, 3.63) is 0 Å². The van der Waals surface area contributed by atoms with E-state index < -0.39 is 17.7 Å². The zero-order valence-electron chi connectivity index (χ0n) is 16.5. The van der Waals surface area contributed by atoms with Crippen molar-refractivity contribution in [2.45, 2.75) is 70.8 Å². The highest BCUT2D eigenvalue weighted by Crippen LogP contribution is 2.19. The van der Waals surface area contributed by atoms with E-state index in [0.29, 0.717) is 38.9 Å². The van der Waals surface area contributed by atoms with Crippen LogP contribution >= 0.6 is 0 Å². The predicted octanol–water partition coefficient (Wildman–Crippen LogP) is 2.26. The molecule has 0 fully saturated rings. The molecule has 0 bridgehead atoms. The molecule has 0 aromatic carbocycles. The summed E-state index contributed by atoms with van der Waals surface area (Å²) in [5.41, 5.74) is 11.4. The molecule has 26 heavy (non-hydrogen) atoms. The minimum absolute atomic E-state index is 0.224. The van der Waals surface area contributed by atoms with Gasteiger partial charge in [-0.2, -0.15) is 0 Å². The van der Waals surface area contributed by atoms with Gasteiger partial charge < -0.3 is 31.6 Å². The highest BCUT2D eigenvalue weighted by Gasteiger charge is 2.25. The number of hydrogen-bond donors (Lipinski definition) is 4. The van der Waals surface area contributed by atoms with Crippen molar-refractivity contribution in [2.75, 3.05) is 32.8 Å². The molecule has 2 amide bonds. The molecule has 6 N–H and O–H groups in total. The van der Waals surface area contributed by atoms with Crippen molar-refractivity contribution >= 4 is 12.2 Å². The third kappa shape index (κ3) is 13.7. The summed E-state index contributed by atoms with van der Waals surface area (Å²) in [6, 6.07) is 0. The van der Waals surface area contributed by atoms with Crippen LogP contribution in [0.5, 0.6) is 0 Å². The molecule has 0 saturated heterocycles. The molecule has 0 aromatic rings. The highest BCUT2D eigenvalue weighted by molar-refractivity contribution is 5.67. The van der Waals surface area contributed by atoms with Gasteiger partial charge in [-0.05, 0) is 45.1 Å². The smallest absolute Gasteiger partial charge is 0.407 e. The molecule has 0 aliphatic heterocycles. The first-order valence-electron chi connectivity index (χ1n) is 9.77. The first-order chi connectivity index (χ1) is 12.5. The fraction of sp³-hybridized carbons (Fsp3) is 0.889. The number of ether oxygens (including phenoxy) is 2. The summed E-state index contributed by atoms with van der Waals surface area (Å²) in [6.07, 6.45) is 5.46.